The maximum absolute atomic E-state index is 6.46. The summed E-state index contributed by atoms with van der Waals surface area (Å²) in [6.07, 6.45) is 3.80. The molecule has 0 fully saturated rings. The standard InChI is InChI=1S/C38H34N3O.C14H16GeN.Ir/c1-23(2)29-20-27(26-13-7-6-8-14-26)21-30(24(3)4)31(29)22-41-33-16-10-9-15-32(33)40-38(41)28-18-19-39-36-35-25(5)12-11-17-34(35)42-37(28)36;1-15(2,3)13-9-10-14(16-11-13)12-7-5-4-6-8-12;/h6-17,19-21,23-24H,22H2,1-5H3;4-7,9-11H,1-3H3;/q2*-1;. The monoisotopic (exact) mass is 1010 g/mol. The van der Waals surface area contributed by atoms with Crippen molar-refractivity contribution < 1.29 is 24.5 Å². The van der Waals surface area contributed by atoms with Crippen LogP contribution in [0.4, 0.5) is 0 Å². The van der Waals surface area contributed by atoms with Gasteiger partial charge >= 0.3 is 99.8 Å². The van der Waals surface area contributed by atoms with Gasteiger partial charge < -0.3 is 8.98 Å². The Morgan fingerprint density at radius 1 is 0.729 bits per heavy atom. The van der Waals surface area contributed by atoms with Crippen molar-refractivity contribution >= 4 is 50.8 Å². The molecule has 0 aliphatic heterocycles. The van der Waals surface area contributed by atoms with Crippen molar-refractivity contribution in [3.8, 4) is 33.8 Å². The Labute approximate surface area is 364 Å². The number of fused-ring (bicyclic) bond motifs is 4. The number of imidazole rings is 1. The zero-order chi connectivity index (χ0) is 40.6. The third-order valence-corrected chi connectivity index (χ3v) is 15.3. The van der Waals surface area contributed by atoms with Crippen LogP contribution in [0.5, 0.6) is 0 Å². The van der Waals surface area contributed by atoms with Crippen LogP contribution >= 0.6 is 0 Å². The zero-order valence-electron chi connectivity index (χ0n) is 35.1. The number of rotatable bonds is 8. The predicted molar refractivity (Wildman–Crippen MR) is 244 cm³/mol. The van der Waals surface area contributed by atoms with E-state index in [2.05, 4.69) is 152 Å². The number of para-hydroxylation sites is 2. The van der Waals surface area contributed by atoms with E-state index in [1.54, 1.807) is 6.20 Å². The maximum Gasteiger partial charge on any atom is 0 e. The summed E-state index contributed by atoms with van der Waals surface area (Å²) in [5.41, 5.74) is 15.1. The predicted octanol–water partition coefficient (Wildman–Crippen LogP) is 13.2. The van der Waals surface area contributed by atoms with Gasteiger partial charge in [0.05, 0.1) is 22.1 Å². The summed E-state index contributed by atoms with van der Waals surface area (Å²) in [4.78, 5) is 14.4. The van der Waals surface area contributed by atoms with E-state index >= 15 is 0 Å². The van der Waals surface area contributed by atoms with Gasteiger partial charge in [-0.05, 0) is 76.5 Å². The number of hydrogen-bond acceptors (Lipinski definition) is 4. The van der Waals surface area contributed by atoms with Crippen molar-refractivity contribution in [2.24, 2.45) is 0 Å². The number of nitrogens with zero attached hydrogens (tertiary/aromatic N) is 4. The molecular formula is C52H50GeIrN4O-2. The zero-order valence-corrected chi connectivity index (χ0v) is 39.6. The second-order valence-corrected chi connectivity index (χ2v) is 27.4. The molecule has 9 rings (SSSR count). The van der Waals surface area contributed by atoms with Crippen molar-refractivity contribution in [3.63, 3.8) is 0 Å². The fourth-order valence-electron chi connectivity index (χ4n) is 7.85. The van der Waals surface area contributed by atoms with Crippen LogP contribution < -0.4 is 4.40 Å². The van der Waals surface area contributed by atoms with E-state index in [0.717, 1.165) is 61.3 Å². The number of hydrogen-bond donors (Lipinski definition) is 0. The SMILES string of the molecule is Cc1cccc2oc3c(-c4nc5ccccc5n4Cc4c(C(C)C)cc(-c5ccccc5)cc4C(C)C)[c-]cnc3c12.[CH3][Ge]([CH3])([CH3])[c]1ccc(-c2[c-]cccc2)nc1.[Ir]. The third kappa shape index (κ3) is 8.63. The number of pyridine rings is 2. The van der Waals surface area contributed by atoms with Gasteiger partial charge in [-0.1, -0.05) is 94.4 Å². The van der Waals surface area contributed by atoms with Crippen LogP contribution in [0.1, 0.15) is 61.8 Å². The molecule has 299 valence electrons. The average molecular weight is 1010 g/mol. The first kappa shape index (κ1) is 42.0. The van der Waals surface area contributed by atoms with Gasteiger partial charge in [-0.3, -0.25) is 9.97 Å². The minimum Gasteiger partial charge on any atom is 0 e. The van der Waals surface area contributed by atoms with Gasteiger partial charge in [0.15, 0.2) is 0 Å². The Bertz CT molecular complexity index is 2830. The fraction of sp³-hybridized carbons (Fsp3) is 0.212. The topological polar surface area (TPSA) is 56.7 Å². The summed E-state index contributed by atoms with van der Waals surface area (Å²) in [7, 11) is 0. The molecule has 1 radical (unpaired) electrons. The number of aromatic nitrogens is 4. The van der Waals surface area contributed by atoms with Crippen molar-refractivity contribution in [1.29, 1.82) is 0 Å². The van der Waals surface area contributed by atoms with Crippen LogP contribution in [0, 0.1) is 19.1 Å². The van der Waals surface area contributed by atoms with Crippen LogP contribution in [0.2, 0.25) is 17.3 Å². The Kier molecular flexibility index (Phi) is 12.5. The molecule has 4 heterocycles. The van der Waals surface area contributed by atoms with Crippen molar-refractivity contribution in [2.75, 3.05) is 0 Å². The smallest absolute Gasteiger partial charge is 0 e. The minimum absolute atomic E-state index is 0. The van der Waals surface area contributed by atoms with Crippen LogP contribution in [-0.4, -0.2) is 32.8 Å². The van der Waals surface area contributed by atoms with E-state index in [9.17, 15) is 0 Å². The minimum atomic E-state index is -1.72. The third-order valence-electron chi connectivity index (χ3n) is 11.0. The molecular weight excluding hydrogens is 961 g/mol. The molecule has 0 amide bonds. The second kappa shape index (κ2) is 17.6. The number of furan rings is 1. The Hall–Kier alpha value is -5.14. The number of aryl methyl sites for hydroxylation is 1. The molecule has 0 bridgehead atoms. The van der Waals surface area contributed by atoms with Gasteiger partial charge in [-0.2, -0.15) is 0 Å². The summed E-state index contributed by atoms with van der Waals surface area (Å²) in [6.45, 7) is 12.0. The van der Waals surface area contributed by atoms with E-state index < -0.39 is 13.3 Å². The summed E-state index contributed by atoms with van der Waals surface area (Å²) >= 11 is -1.72. The van der Waals surface area contributed by atoms with Crippen molar-refractivity contribution in [2.45, 2.75) is 70.3 Å². The van der Waals surface area contributed by atoms with Crippen LogP contribution in [0.3, 0.4) is 0 Å². The quantitative estimate of drug-likeness (QED) is 0.112. The van der Waals surface area contributed by atoms with Gasteiger partial charge in [-0.15, -0.1) is 11.6 Å². The van der Waals surface area contributed by atoms with Gasteiger partial charge in [0.1, 0.15) is 5.58 Å². The molecule has 9 aromatic rings. The van der Waals surface area contributed by atoms with Crippen molar-refractivity contribution in [3.05, 3.63) is 168 Å². The summed E-state index contributed by atoms with van der Waals surface area (Å²) < 4.78 is 10.2. The van der Waals surface area contributed by atoms with Gasteiger partial charge in [-0.25, -0.2) is 0 Å². The largest absolute Gasteiger partial charge is 0 e. The fourth-order valence-corrected chi connectivity index (χ4v) is 10.0. The maximum atomic E-state index is 6.46. The summed E-state index contributed by atoms with van der Waals surface area (Å²) in [5.74, 6) is 8.70. The van der Waals surface area contributed by atoms with Crippen molar-refractivity contribution in [1.82, 2.24) is 19.5 Å². The van der Waals surface area contributed by atoms with Gasteiger partial charge in [0.25, 0.3) is 0 Å². The van der Waals surface area contributed by atoms with E-state index in [1.807, 2.05) is 48.7 Å². The molecule has 0 aliphatic rings. The average Bonchev–Trinajstić information content (AvgIpc) is 3.80. The number of benzene rings is 5. The first-order valence-electron chi connectivity index (χ1n) is 20.3. The second-order valence-electron chi connectivity index (χ2n) is 16.8. The molecule has 5 nitrogen and oxygen atoms in total. The van der Waals surface area contributed by atoms with Crippen LogP contribution in [-0.2, 0) is 26.7 Å². The molecule has 4 aromatic heterocycles. The van der Waals surface area contributed by atoms with E-state index in [4.69, 9.17) is 14.4 Å². The molecule has 0 atom stereocenters. The van der Waals surface area contributed by atoms with Crippen LogP contribution in [0.15, 0.2) is 138 Å². The van der Waals surface area contributed by atoms with E-state index in [0.29, 0.717) is 18.4 Å². The Balaban J connectivity index is 0.000000262. The molecule has 0 unspecified atom stereocenters. The molecule has 0 aliphatic carbocycles. The Morgan fingerprint density at radius 3 is 2.10 bits per heavy atom. The Morgan fingerprint density at radius 2 is 1.44 bits per heavy atom. The first-order valence-corrected chi connectivity index (χ1v) is 27.6. The molecule has 0 saturated carbocycles. The molecule has 0 N–H and O–H groups in total. The normalized spacial score (nSPS) is 11.6. The molecule has 0 saturated heterocycles. The summed E-state index contributed by atoms with van der Waals surface area (Å²) in [6, 6.07) is 48.9. The molecule has 5 aromatic carbocycles. The first-order chi connectivity index (χ1) is 28.0. The molecule has 7 heteroatoms. The van der Waals surface area contributed by atoms with Gasteiger partial charge in [0.2, 0.25) is 0 Å². The van der Waals surface area contributed by atoms with Gasteiger partial charge in [0, 0.05) is 37.9 Å². The van der Waals surface area contributed by atoms with Crippen LogP contribution in [0.25, 0.3) is 66.9 Å². The van der Waals surface area contributed by atoms with E-state index in [-0.39, 0.29) is 20.1 Å². The van der Waals surface area contributed by atoms with E-state index in [1.165, 1.54) is 32.2 Å². The summed E-state index contributed by atoms with van der Waals surface area (Å²) in [5, 5.41) is 1.05. The molecule has 59 heavy (non-hydrogen) atoms. The molecule has 0 spiro atoms.